The van der Waals surface area contributed by atoms with E-state index < -0.39 is 0 Å². The molecule has 5 heteroatoms. The van der Waals surface area contributed by atoms with E-state index in [-0.39, 0.29) is 11.7 Å². The molecule has 0 N–H and O–H groups in total. The summed E-state index contributed by atoms with van der Waals surface area (Å²) in [4.78, 5) is 11.4. The largest absolute Gasteiger partial charge is 0.368 e. The van der Waals surface area contributed by atoms with Crippen molar-refractivity contribution >= 4 is 6.20 Å². The Morgan fingerprint density at radius 1 is 1.42 bits per heavy atom. The number of aromatic nitrogens is 4. The van der Waals surface area contributed by atoms with Gasteiger partial charge in [-0.3, -0.25) is 0 Å². The first-order valence-corrected chi connectivity index (χ1v) is 3.83. The first-order chi connectivity index (χ1) is 5.66. The van der Waals surface area contributed by atoms with E-state index in [0.29, 0.717) is 0 Å². The second kappa shape index (κ2) is 3.34. The Labute approximate surface area is 70.3 Å². The van der Waals surface area contributed by atoms with Crippen LogP contribution in [0.25, 0.3) is 6.20 Å². The Bertz CT molecular complexity index is 333. The minimum absolute atomic E-state index is 0.0523. The molecule has 0 unspecified atom stereocenters. The van der Waals surface area contributed by atoms with Gasteiger partial charge >= 0.3 is 5.69 Å². The van der Waals surface area contributed by atoms with Gasteiger partial charge in [0.1, 0.15) is 0 Å². The molecule has 0 amide bonds. The van der Waals surface area contributed by atoms with Crippen LogP contribution in [0, 0.1) is 0 Å². The first kappa shape index (κ1) is 8.70. The minimum atomic E-state index is -0.205. The van der Waals surface area contributed by atoms with Crippen LogP contribution in [0.1, 0.15) is 26.8 Å². The van der Waals surface area contributed by atoms with Crippen LogP contribution in [-0.2, 0) is 0 Å². The van der Waals surface area contributed by atoms with E-state index in [4.69, 9.17) is 0 Å². The topological polar surface area (TPSA) is 52.7 Å². The van der Waals surface area contributed by atoms with Crippen LogP contribution in [0.4, 0.5) is 0 Å². The molecule has 66 valence electrons. The van der Waals surface area contributed by atoms with E-state index in [9.17, 15) is 4.79 Å². The monoisotopic (exact) mass is 168 g/mol. The van der Waals surface area contributed by atoms with Gasteiger partial charge in [-0.05, 0) is 31.2 Å². The molecule has 1 heterocycles. The van der Waals surface area contributed by atoms with Gasteiger partial charge in [-0.15, -0.1) is 0 Å². The Morgan fingerprint density at radius 2 is 2.08 bits per heavy atom. The van der Waals surface area contributed by atoms with Crippen LogP contribution < -0.4 is 5.69 Å². The van der Waals surface area contributed by atoms with E-state index in [1.165, 1.54) is 9.36 Å². The molecule has 0 fully saturated rings. The van der Waals surface area contributed by atoms with E-state index in [2.05, 4.69) is 10.4 Å². The van der Waals surface area contributed by atoms with Crippen molar-refractivity contribution < 1.29 is 0 Å². The van der Waals surface area contributed by atoms with Crippen LogP contribution in [0.15, 0.2) is 10.9 Å². The maximum absolute atomic E-state index is 11.4. The van der Waals surface area contributed by atoms with Crippen LogP contribution in [0.5, 0.6) is 0 Å². The zero-order valence-corrected chi connectivity index (χ0v) is 7.43. The maximum atomic E-state index is 11.4. The molecule has 0 aromatic carbocycles. The molecule has 1 rings (SSSR count). The van der Waals surface area contributed by atoms with Crippen LogP contribution in [-0.4, -0.2) is 19.8 Å². The van der Waals surface area contributed by atoms with Gasteiger partial charge in [-0.2, -0.15) is 9.36 Å². The fourth-order valence-corrected chi connectivity index (χ4v) is 0.827. The summed E-state index contributed by atoms with van der Waals surface area (Å²) in [6, 6.07) is 0.0523. The average molecular weight is 168 g/mol. The summed E-state index contributed by atoms with van der Waals surface area (Å²) in [7, 11) is 0. The SMILES string of the molecule is C/C=C/n1nnn(C(C)C)c1=O. The van der Waals surface area contributed by atoms with Gasteiger partial charge in [0.2, 0.25) is 0 Å². The molecule has 0 saturated carbocycles. The van der Waals surface area contributed by atoms with Crippen LogP contribution in [0.2, 0.25) is 0 Å². The van der Waals surface area contributed by atoms with Crippen molar-refractivity contribution in [2.24, 2.45) is 0 Å². The predicted octanol–water partition coefficient (Wildman–Crippen LogP) is 0.511. The number of tetrazole rings is 1. The number of rotatable bonds is 2. The van der Waals surface area contributed by atoms with E-state index in [0.717, 1.165) is 0 Å². The van der Waals surface area contributed by atoms with Crippen LogP contribution in [0.3, 0.4) is 0 Å². The third-order valence-corrected chi connectivity index (χ3v) is 1.40. The Kier molecular flexibility index (Phi) is 2.42. The van der Waals surface area contributed by atoms with Crippen molar-refractivity contribution in [3.63, 3.8) is 0 Å². The first-order valence-electron chi connectivity index (χ1n) is 3.83. The molecule has 1 aromatic rings. The second-order valence-electron chi connectivity index (χ2n) is 2.73. The van der Waals surface area contributed by atoms with Gasteiger partial charge in [0, 0.05) is 6.20 Å². The zero-order valence-electron chi connectivity index (χ0n) is 7.43. The highest BCUT2D eigenvalue weighted by molar-refractivity contribution is 5.15. The molecule has 0 radical (unpaired) electrons. The quantitative estimate of drug-likeness (QED) is 0.646. The lowest BCUT2D eigenvalue weighted by Gasteiger charge is -1.98. The molecule has 0 aliphatic rings. The van der Waals surface area contributed by atoms with Gasteiger partial charge < -0.3 is 0 Å². The Hall–Kier alpha value is -1.39. The van der Waals surface area contributed by atoms with E-state index in [1.807, 2.05) is 20.8 Å². The minimum Gasteiger partial charge on any atom is -0.244 e. The summed E-state index contributed by atoms with van der Waals surface area (Å²) in [6.45, 7) is 5.59. The van der Waals surface area contributed by atoms with Crippen molar-refractivity contribution in [3.05, 3.63) is 16.6 Å². The van der Waals surface area contributed by atoms with Crippen molar-refractivity contribution in [1.29, 1.82) is 0 Å². The molecule has 0 aliphatic carbocycles. The molecule has 12 heavy (non-hydrogen) atoms. The standard InChI is InChI=1S/C7H12N4O/c1-4-5-10-7(12)11(6(2)3)9-8-10/h4-6H,1-3H3/b5-4+. The molecule has 0 bridgehead atoms. The molecule has 0 spiro atoms. The zero-order chi connectivity index (χ0) is 9.14. The molecular weight excluding hydrogens is 156 g/mol. The second-order valence-corrected chi connectivity index (χ2v) is 2.73. The fraction of sp³-hybridized carbons (Fsp3) is 0.571. The Morgan fingerprint density at radius 3 is 2.50 bits per heavy atom. The fourth-order valence-electron chi connectivity index (χ4n) is 0.827. The van der Waals surface area contributed by atoms with E-state index in [1.54, 1.807) is 12.3 Å². The molecule has 1 aromatic heterocycles. The van der Waals surface area contributed by atoms with Gasteiger partial charge in [0.05, 0.1) is 6.04 Å². The summed E-state index contributed by atoms with van der Waals surface area (Å²) in [5.41, 5.74) is -0.205. The van der Waals surface area contributed by atoms with Gasteiger partial charge in [-0.1, -0.05) is 6.08 Å². The summed E-state index contributed by atoms with van der Waals surface area (Å²) >= 11 is 0. The molecule has 0 aliphatic heterocycles. The number of hydrogen-bond donors (Lipinski definition) is 0. The van der Waals surface area contributed by atoms with Crippen molar-refractivity contribution in [2.75, 3.05) is 0 Å². The smallest absolute Gasteiger partial charge is 0.244 e. The summed E-state index contributed by atoms with van der Waals surface area (Å²) < 4.78 is 2.54. The van der Waals surface area contributed by atoms with Crippen LogP contribution >= 0.6 is 0 Å². The van der Waals surface area contributed by atoms with Gasteiger partial charge in [0.15, 0.2) is 0 Å². The summed E-state index contributed by atoms with van der Waals surface area (Å²) in [5.74, 6) is 0. The van der Waals surface area contributed by atoms with Crippen molar-refractivity contribution in [3.8, 4) is 0 Å². The lowest BCUT2D eigenvalue weighted by Crippen LogP contribution is -2.24. The third kappa shape index (κ3) is 1.44. The van der Waals surface area contributed by atoms with Gasteiger partial charge in [0.25, 0.3) is 0 Å². The maximum Gasteiger partial charge on any atom is 0.368 e. The molecular formula is C7H12N4O. The number of hydrogen-bond acceptors (Lipinski definition) is 3. The predicted molar refractivity (Wildman–Crippen MR) is 45.7 cm³/mol. The summed E-state index contributed by atoms with van der Waals surface area (Å²) in [6.07, 6.45) is 3.31. The number of nitrogens with zero attached hydrogens (tertiary/aromatic N) is 4. The van der Waals surface area contributed by atoms with E-state index >= 15 is 0 Å². The number of allylic oxidation sites excluding steroid dienone is 1. The Balaban J connectivity index is 3.14. The third-order valence-electron chi connectivity index (χ3n) is 1.40. The normalized spacial score (nSPS) is 11.7. The summed E-state index contributed by atoms with van der Waals surface area (Å²) in [5, 5.41) is 7.36. The van der Waals surface area contributed by atoms with Gasteiger partial charge in [-0.25, -0.2) is 4.79 Å². The van der Waals surface area contributed by atoms with Crippen molar-refractivity contribution in [2.45, 2.75) is 26.8 Å². The molecule has 5 nitrogen and oxygen atoms in total. The highest BCUT2D eigenvalue weighted by atomic mass is 16.2. The van der Waals surface area contributed by atoms with Crippen molar-refractivity contribution in [1.82, 2.24) is 19.8 Å². The molecule has 0 atom stereocenters. The molecule has 0 saturated heterocycles. The highest BCUT2D eigenvalue weighted by Crippen LogP contribution is 1.93. The lowest BCUT2D eigenvalue weighted by molar-refractivity contribution is 0.500. The highest BCUT2D eigenvalue weighted by Gasteiger charge is 2.06. The average Bonchev–Trinajstić information content (AvgIpc) is 2.34. The lowest BCUT2D eigenvalue weighted by atomic mass is 10.4.